The van der Waals surface area contributed by atoms with Gasteiger partial charge in [-0.05, 0) is 95.1 Å². The summed E-state index contributed by atoms with van der Waals surface area (Å²) in [5.41, 5.74) is 8.89. The molecule has 1 N–H and O–H groups in total. The van der Waals surface area contributed by atoms with E-state index in [9.17, 15) is 15.2 Å². The Labute approximate surface area is 261 Å². The van der Waals surface area contributed by atoms with E-state index in [-0.39, 0.29) is 5.57 Å². The molecule has 6 aromatic rings. The van der Waals surface area contributed by atoms with Crippen LogP contribution >= 0.6 is 0 Å². The molecule has 0 amide bonds. The normalized spacial score (nSPS) is 11.2. The summed E-state index contributed by atoms with van der Waals surface area (Å²) in [6, 6.07) is 54.3. The fourth-order valence-electron chi connectivity index (χ4n) is 6.05. The maximum Gasteiger partial charge on any atom is 0.347 e. The van der Waals surface area contributed by atoms with Gasteiger partial charge in [0.05, 0.1) is 0 Å². The van der Waals surface area contributed by atoms with Crippen LogP contribution < -0.4 is 9.80 Å². The van der Waals surface area contributed by atoms with E-state index in [4.69, 9.17) is 0 Å². The van der Waals surface area contributed by atoms with Crippen LogP contribution in [0.15, 0.2) is 163 Å². The van der Waals surface area contributed by atoms with Crippen molar-refractivity contribution in [1.82, 2.24) is 0 Å². The van der Waals surface area contributed by atoms with Crippen molar-refractivity contribution in [3.05, 3.63) is 174 Å². The number of nitriles is 1. The highest BCUT2D eigenvalue weighted by Gasteiger charge is 2.31. The SMILES string of the molecule is N#CC(C(=O)O)=C1c2cc(N(c3ccccc3)c3ccccc3)ccc2-c2ccc(N(c3ccccc3)c3ccccc3)cc21. The maximum atomic E-state index is 12.6. The molecule has 0 aliphatic heterocycles. The Hall–Kier alpha value is -6.38. The number of carbonyl (C=O) groups is 1. The first-order valence-electron chi connectivity index (χ1n) is 14.6. The molecule has 45 heavy (non-hydrogen) atoms. The second-order valence-corrected chi connectivity index (χ2v) is 10.6. The van der Waals surface area contributed by atoms with Gasteiger partial charge in [-0.1, -0.05) is 84.9 Å². The molecule has 5 heteroatoms. The summed E-state index contributed by atoms with van der Waals surface area (Å²) in [7, 11) is 0. The van der Waals surface area contributed by atoms with Gasteiger partial charge in [0, 0.05) is 39.7 Å². The molecule has 7 rings (SSSR count). The van der Waals surface area contributed by atoms with Crippen molar-refractivity contribution in [1.29, 1.82) is 5.26 Å². The molecular weight excluding hydrogens is 554 g/mol. The lowest BCUT2D eigenvalue weighted by atomic mass is 9.97. The number of anilines is 6. The number of aliphatic carboxylic acids is 1. The number of hydrogen-bond acceptors (Lipinski definition) is 4. The smallest absolute Gasteiger partial charge is 0.347 e. The van der Waals surface area contributed by atoms with E-state index >= 15 is 0 Å². The molecule has 0 bridgehead atoms. The lowest BCUT2D eigenvalue weighted by Gasteiger charge is -2.26. The highest BCUT2D eigenvalue weighted by molar-refractivity contribution is 6.13. The Morgan fingerprint density at radius 2 is 0.800 bits per heavy atom. The van der Waals surface area contributed by atoms with Gasteiger partial charge in [0.1, 0.15) is 11.6 Å². The molecule has 0 radical (unpaired) electrons. The molecule has 214 valence electrons. The molecule has 1 aliphatic carbocycles. The molecule has 0 heterocycles. The van der Waals surface area contributed by atoms with Crippen molar-refractivity contribution in [3.8, 4) is 17.2 Å². The maximum absolute atomic E-state index is 12.6. The molecule has 1 aliphatic rings. The van der Waals surface area contributed by atoms with E-state index in [2.05, 4.69) is 9.80 Å². The molecule has 6 aromatic carbocycles. The summed E-state index contributed by atoms with van der Waals surface area (Å²) in [4.78, 5) is 16.8. The zero-order valence-electron chi connectivity index (χ0n) is 24.2. The van der Waals surface area contributed by atoms with E-state index in [0.29, 0.717) is 16.7 Å². The first kappa shape index (κ1) is 27.5. The van der Waals surface area contributed by atoms with Gasteiger partial charge in [0.2, 0.25) is 0 Å². The first-order chi connectivity index (χ1) is 22.1. The van der Waals surface area contributed by atoms with Gasteiger partial charge in [-0.2, -0.15) is 5.26 Å². The first-order valence-corrected chi connectivity index (χ1v) is 14.6. The number of nitrogens with zero attached hydrogens (tertiary/aromatic N) is 3. The molecule has 0 fully saturated rings. The Bertz CT molecular complexity index is 1870. The minimum atomic E-state index is -1.26. The monoisotopic (exact) mass is 581 g/mol. The van der Waals surface area contributed by atoms with Gasteiger partial charge in [-0.25, -0.2) is 4.79 Å². The fourth-order valence-corrected chi connectivity index (χ4v) is 6.05. The van der Waals surface area contributed by atoms with Gasteiger partial charge < -0.3 is 14.9 Å². The highest BCUT2D eigenvalue weighted by atomic mass is 16.4. The zero-order chi connectivity index (χ0) is 30.8. The fraction of sp³-hybridized carbons (Fsp3) is 0. The van der Waals surface area contributed by atoms with Crippen LogP contribution in [-0.2, 0) is 4.79 Å². The highest BCUT2D eigenvalue weighted by Crippen LogP contribution is 2.50. The molecule has 0 spiro atoms. The summed E-state index contributed by atoms with van der Waals surface area (Å²) in [6.07, 6.45) is 0. The van der Waals surface area contributed by atoms with E-state index in [1.807, 2.05) is 164 Å². The van der Waals surface area contributed by atoms with Gasteiger partial charge in [0.25, 0.3) is 0 Å². The van der Waals surface area contributed by atoms with Crippen LogP contribution in [0.2, 0.25) is 0 Å². The largest absolute Gasteiger partial charge is 0.477 e. The molecule has 0 unspecified atom stereocenters. The average Bonchev–Trinajstić information content (AvgIpc) is 3.40. The number of carboxylic acid groups (broad SMARTS) is 1. The van der Waals surface area contributed by atoms with Crippen molar-refractivity contribution < 1.29 is 9.90 Å². The Kier molecular flexibility index (Phi) is 7.15. The van der Waals surface area contributed by atoms with Gasteiger partial charge in [-0.3, -0.25) is 0 Å². The Morgan fingerprint density at radius 3 is 1.09 bits per heavy atom. The average molecular weight is 582 g/mol. The van der Waals surface area contributed by atoms with E-state index < -0.39 is 5.97 Å². The number of carboxylic acids is 1. The van der Waals surface area contributed by atoms with Crippen LogP contribution in [0.4, 0.5) is 34.1 Å². The summed E-state index contributed by atoms with van der Waals surface area (Å²) < 4.78 is 0. The predicted molar refractivity (Wildman–Crippen MR) is 181 cm³/mol. The minimum Gasteiger partial charge on any atom is -0.477 e. The third-order valence-corrected chi connectivity index (χ3v) is 7.98. The number of rotatable bonds is 7. The second-order valence-electron chi connectivity index (χ2n) is 10.6. The van der Waals surface area contributed by atoms with Crippen LogP contribution in [0.25, 0.3) is 16.7 Å². The van der Waals surface area contributed by atoms with Crippen LogP contribution in [-0.4, -0.2) is 11.1 Å². The standard InChI is InChI=1S/C40H27N3O2/c41-27-38(40(44)45)39-36-25-32(42(28-13-5-1-6-14-28)29-15-7-2-8-16-29)21-23-34(36)35-24-22-33(26-37(35)39)43(30-17-9-3-10-18-30)31-19-11-4-12-20-31/h1-26H,(H,44,45). The summed E-state index contributed by atoms with van der Waals surface area (Å²) in [5, 5.41) is 20.4. The third kappa shape index (κ3) is 5.01. The van der Waals surface area contributed by atoms with E-state index in [1.165, 1.54) is 0 Å². The molecule has 0 saturated carbocycles. The molecule has 5 nitrogen and oxygen atoms in total. The minimum absolute atomic E-state index is 0.291. The van der Waals surface area contributed by atoms with Crippen molar-refractivity contribution in [2.45, 2.75) is 0 Å². The summed E-state index contributed by atoms with van der Waals surface area (Å²) >= 11 is 0. The van der Waals surface area contributed by atoms with Crippen LogP contribution in [0, 0.1) is 11.3 Å². The van der Waals surface area contributed by atoms with Crippen molar-refractivity contribution in [2.75, 3.05) is 9.80 Å². The molecule has 0 saturated heterocycles. The second kappa shape index (κ2) is 11.7. The summed E-state index contributed by atoms with van der Waals surface area (Å²) in [6.45, 7) is 0. The number of benzene rings is 6. The van der Waals surface area contributed by atoms with Gasteiger partial charge in [-0.15, -0.1) is 0 Å². The van der Waals surface area contributed by atoms with E-state index in [1.54, 1.807) is 0 Å². The van der Waals surface area contributed by atoms with Crippen molar-refractivity contribution >= 4 is 45.7 Å². The third-order valence-electron chi connectivity index (χ3n) is 7.98. The molecular formula is C40H27N3O2. The number of hydrogen-bond donors (Lipinski definition) is 1. The van der Waals surface area contributed by atoms with Crippen LogP contribution in [0.1, 0.15) is 11.1 Å². The van der Waals surface area contributed by atoms with E-state index in [0.717, 1.165) is 45.3 Å². The Balaban J connectivity index is 1.43. The quantitative estimate of drug-likeness (QED) is 0.150. The van der Waals surface area contributed by atoms with Crippen LogP contribution in [0.3, 0.4) is 0 Å². The van der Waals surface area contributed by atoms with Crippen LogP contribution in [0.5, 0.6) is 0 Å². The van der Waals surface area contributed by atoms with Gasteiger partial charge >= 0.3 is 5.97 Å². The lowest BCUT2D eigenvalue weighted by molar-refractivity contribution is -0.132. The van der Waals surface area contributed by atoms with Gasteiger partial charge in [0.15, 0.2) is 0 Å². The molecule has 0 atom stereocenters. The Morgan fingerprint density at radius 1 is 0.467 bits per heavy atom. The lowest BCUT2D eigenvalue weighted by Crippen LogP contribution is -2.10. The topological polar surface area (TPSA) is 67.6 Å². The van der Waals surface area contributed by atoms with Crippen molar-refractivity contribution in [2.24, 2.45) is 0 Å². The number of fused-ring (bicyclic) bond motifs is 3. The zero-order valence-corrected chi connectivity index (χ0v) is 24.2. The summed E-state index contributed by atoms with van der Waals surface area (Å²) in [5.74, 6) is -1.26. The van der Waals surface area contributed by atoms with Crippen molar-refractivity contribution in [3.63, 3.8) is 0 Å². The molecule has 0 aromatic heterocycles. The predicted octanol–water partition coefficient (Wildman–Crippen LogP) is 10.0. The number of para-hydroxylation sites is 4.